The van der Waals surface area contributed by atoms with Crippen LogP contribution in [0.5, 0.6) is 5.75 Å². The SMILES string of the molecule is CCN(C(=O)[C@H](CCc1ccccc1)NC(=O)NS(=O)(=O)c1ccccc1C)c1ccc(OC)c(C)c1. The molecule has 0 aliphatic carbocycles. The molecule has 0 bridgehead atoms. The monoisotopic (exact) mass is 523 g/mol. The molecule has 9 heteroatoms. The Bertz CT molecular complexity index is 1340. The van der Waals surface area contributed by atoms with Gasteiger partial charge in [-0.25, -0.2) is 17.9 Å². The molecule has 0 aliphatic heterocycles. The van der Waals surface area contributed by atoms with Crippen molar-refractivity contribution in [2.24, 2.45) is 0 Å². The topological polar surface area (TPSA) is 105 Å². The largest absolute Gasteiger partial charge is 0.496 e. The number of amides is 3. The highest BCUT2D eigenvalue weighted by Crippen LogP contribution is 2.25. The molecular formula is C28H33N3O5S. The van der Waals surface area contributed by atoms with Gasteiger partial charge in [-0.1, -0.05) is 48.5 Å². The minimum absolute atomic E-state index is 0.00112. The number of likely N-dealkylation sites (N-methyl/N-ethyl adjacent to an activating group) is 1. The molecule has 37 heavy (non-hydrogen) atoms. The van der Waals surface area contributed by atoms with E-state index in [0.717, 1.165) is 11.1 Å². The molecule has 0 aliphatic rings. The number of benzene rings is 3. The summed E-state index contributed by atoms with van der Waals surface area (Å²) in [4.78, 5) is 28.1. The number of sulfonamides is 1. The number of rotatable bonds is 10. The Morgan fingerprint density at radius 3 is 2.24 bits per heavy atom. The predicted molar refractivity (Wildman–Crippen MR) is 144 cm³/mol. The van der Waals surface area contributed by atoms with Crippen molar-refractivity contribution in [2.45, 2.75) is 44.6 Å². The van der Waals surface area contributed by atoms with Crippen LogP contribution in [0.1, 0.15) is 30.0 Å². The quantitative estimate of drug-likeness (QED) is 0.411. The van der Waals surface area contributed by atoms with Gasteiger partial charge in [0.2, 0.25) is 5.91 Å². The van der Waals surface area contributed by atoms with Crippen LogP contribution in [0.25, 0.3) is 0 Å². The molecule has 8 nitrogen and oxygen atoms in total. The molecule has 0 aromatic heterocycles. The van der Waals surface area contributed by atoms with Gasteiger partial charge in [0.15, 0.2) is 0 Å². The molecular weight excluding hydrogens is 490 g/mol. The van der Waals surface area contributed by atoms with Gasteiger partial charge in [0.05, 0.1) is 12.0 Å². The van der Waals surface area contributed by atoms with E-state index in [2.05, 4.69) is 10.0 Å². The minimum atomic E-state index is -4.12. The smallest absolute Gasteiger partial charge is 0.329 e. The molecule has 3 rings (SSSR count). The summed E-state index contributed by atoms with van der Waals surface area (Å²) in [6, 6.07) is 19.4. The number of nitrogens with zero attached hydrogens (tertiary/aromatic N) is 1. The fraction of sp³-hybridized carbons (Fsp3) is 0.286. The second-order valence-electron chi connectivity index (χ2n) is 8.66. The Morgan fingerprint density at radius 1 is 0.946 bits per heavy atom. The molecule has 2 N–H and O–H groups in total. The van der Waals surface area contributed by atoms with Gasteiger partial charge >= 0.3 is 6.03 Å². The fourth-order valence-corrected chi connectivity index (χ4v) is 5.28. The van der Waals surface area contributed by atoms with Gasteiger partial charge in [-0.2, -0.15) is 0 Å². The highest BCUT2D eigenvalue weighted by Gasteiger charge is 2.28. The van der Waals surface area contributed by atoms with Crippen LogP contribution in [-0.4, -0.2) is 40.1 Å². The van der Waals surface area contributed by atoms with Gasteiger partial charge in [0.1, 0.15) is 11.8 Å². The van der Waals surface area contributed by atoms with E-state index in [1.165, 1.54) is 6.07 Å². The lowest BCUT2D eigenvalue weighted by molar-refractivity contribution is -0.120. The first-order valence-corrected chi connectivity index (χ1v) is 13.5. The number of carbonyl (C=O) groups excluding carboxylic acids is 2. The number of methoxy groups -OCH3 is 1. The zero-order valence-corrected chi connectivity index (χ0v) is 22.3. The Kier molecular flexibility index (Phi) is 9.30. The van der Waals surface area contributed by atoms with Crippen molar-refractivity contribution in [3.63, 3.8) is 0 Å². The number of nitrogens with one attached hydrogen (secondary N) is 2. The number of urea groups is 1. The third-order valence-electron chi connectivity index (χ3n) is 6.05. The molecule has 1 atom stereocenters. The number of carbonyl (C=O) groups is 2. The van der Waals surface area contributed by atoms with E-state index in [0.29, 0.717) is 30.0 Å². The normalized spacial score (nSPS) is 11.9. The Morgan fingerprint density at radius 2 is 1.62 bits per heavy atom. The molecule has 3 amide bonds. The zero-order chi connectivity index (χ0) is 27.0. The number of aryl methyl sites for hydroxylation is 3. The van der Waals surface area contributed by atoms with E-state index >= 15 is 0 Å². The van der Waals surface area contributed by atoms with Crippen molar-refractivity contribution in [1.29, 1.82) is 0 Å². The van der Waals surface area contributed by atoms with E-state index < -0.39 is 22.1 Å². The summed E-state index contributed by atoms with van der Waals surface area (Å²) in [5.41, 5.74) is 3.03. The van der Waals surface area contributed by atoms with E-state index in [4.69, 9.17) is 4.74 Å². The van der Waals surface area contributed by atoms with Gasteiger partial charge < -0.3 is 15.0 Å². The lowest BCUT2D eigenvalue weighted by Gasteiger charge is -2.28. The third kappa shape index (κ3) is 7.10. The van der Waals surface area contributed by atoms with Crippen LogP contribution in [0.2, 0.25) is 0 Å². The summed E-state index contributed by atoms with van der Waals surface area (Å²) in [6.07, 6.45) is 0.799. The third-order valence-corrected chi connectivity index (χ3v) is 7.54. The van der Waals surface area contributed by atoms with Gasteiger partial charge in [-0.3, -0.25) is 4.79 Å². The lowest BCUT2D eigenvalue weighted by atomic mass is 10.0. The average Bonchev–Trinajstić information content (AvgIpc) is 2.87. The maximum Gasteiger partial charge on any atom is 0.329 e. The van der Waals surface area contributed by atoms with E-state index in [1.807, 2.05) is 50.2 Å². The predicted octanol–water partition coefficient (Wildman–Crippen LogP) is 4.35. The molecule has 0 radical (unpaired) electrons. The van der Waals surface area contributed by atoms with Crippen LogP contribution in [-0.2, 0) is 21.2 Å². The standard InChI is InChI=1S/C28H33N3O5S/c1-5-31(23-16-18-25(36-4)21(3)19-23)27(32)24(17-15-22-12-7-6-8-13-22)29-28(33)30-37(34,35)26-14-10-9-11-20(26)2/h6-14,16,18-19,24H,5,15,17H2,1-4H3,(H2,29,30,33)/t24-/m0/s1. The lowest BCUT2D eigenvalue weighted by Crippen LogP contribution is -2.52. The Labute approximate surface area is 218 Å². The van der Waals surface area contributed by atoms with Gasteiger partial charge in [0, 0.05) is 12.2 Å². The Balaban J connectivity index is 1.84. The number of anilines is 1. The highest BCUT2D eigenvalue weighted by atomic mass is 32.2. The van der Waals surface area contributed by atoms with Crippen LogP contribution in [0, 0.1) is 13.8 Å². The number of hydrogen-bond acceptors (Lipinski definition) is 5. The highest BCUT2D eigenvalue weighted by molar-refractivity contribution is 7.90. The average molecular weight is 524 g/mol. The van der Waals surface area contributed by atoms with Crippen molar-refractivity contribution >= 4 is 27.6 Å². The van der Waals surface area contributed by atoms with E-state index in [1.54, 1.807) is 49.3 Å². The van der Waals surface area contributed by atoms with Gasteiger partial charge in [-0.05, 0) is 74.6 Å². The summed E-state index contributed by atoms with van der Waals surface area (Å²) < 4.78 is 33.0. The van der Waals surface area contributed by atoms with Crippen LogP contribution < -0.4 is 19.7 Å². The number of ether oxygens (including phenoxy) is 1. The maximum atomic E-state index is 13.7. The van der Waals surface area contributed by atoms with Crippen molar-refractivity contribution < 1.29 is 22.7 Å². The molecule has 0 heterocycles. The first kappa shape index (κ1) is 27.7. The van der Waals surface area contributed by atoms with Crippen molar-refractivity contribution in [2.75, 3.05) is 18.6 Å². The second-order valence-corrected chi connectivity index (χ2v) is 10.3. The van der Waals surface area contributed by atoms with Crippen LogP contribution in [0.15, 0.2) is 77.7 Å². The van der Waals surface area contributed by atoms with E-state index in [-0.39, 0.29) is 17.2 Å². The van der Waals surface area contributed by atoms with Crippen molar-refractivity contribution in [3.8, 4) is 5.75 Å². The summed E-state index contributed by atoms with van der Waals surface area (Å²) in [5.74, 6) is 0.359. The fourth-order valence-electron chi connectivity index (χ4n) is 4.12. The molecule has 0 saturated heterocycles. The molecule has 3 aromatic rings. The van der Waals surface area contributed by atoms with Crippen molar-refractivity contribution in [1.82, 2.24) is 10.0 Å². The first-order valence-electron chi connectivity index (χ1n) is 12.0. The maximum absolute atomic E-state index is 13.7. The Hall–Kier alpha value is -3.85. The second kappa shape index (κ2) is 12.4. The molecule has 0 fully saturated rings. The van der Waals surface area contributed by atoms with Crippen molar-refractivity contribution in [3.05, 3.63) is 89.5 Å². The van der Waals surface area contributed by atoms with Gasteiger partial charge in [-0.15, -0.1) is 0 Å². The molecule has 0 saturated carbocycles. The molecule has 0 spiro atoms. The van der Waals surface area contributed by atoms with E-state index in [9.17, 15) is 18.0 Å². The van der Waals surface area contributed by atoms with Gasteiger partial charge in [0.25, 0.3) is 10.0 Å². The van der Waals surface area contributed by atoms with Crippen LogP contribution in [0.3, 0.4) is 0 Å². The minimum Gasteiger partial charge on any atom is -0.496 e. The van der Waals surface area contributed by atoms with Crippen LogP contribution in [0.4, 0.5) is 10.5 Å². The molecule has 0 unspecified atom stereocenters. The first-order chi connectivity index (χ1) is 17.7. The molecule has 196 valence electrons. The summed E-state index contributed by atoms with van der Waals surface area (Å²) in [7, 11) is -2.54. The summed E-state index contributed by atoms with van der Waals surface area (Å²) in [5, 5.41) is 2.61. The molecule has 3 aromatic carbocycles. The number of hydrogen-bond donors (Lipinski definition) is 2. The van der Waals surface area contributed by atoms with Crippen LogP contribution >= 0.6 is 0 Å². The zero-order valence-electron chi connectivity index (χ0n) is 21.5. The summed E-state index contributed by atoms with van der Waals surface area (Å²) in [6.45, 7) is 5.73. The summed E-state index contributed by atoms with van der Waals surface area (Å²) >= 11 is 0.